The van der Waals surface area contributed by atoms with Crippen LogP contribution in [0.2, 0.25) is 0 Å². The molecule has 0 radical (unpaired) electrons. The summed E-state index contributed by atoms with van der Waals surface area (Å²) in [7, 11) is -23.1. The molecular weight excluding hydrogens is 3050 g/mol. The third-order valence-electron chi connectivity index (χ3n) is 24.3. The van der Waals surface area contributed by atoms with Gasteiger partial charge in [0.1, 0.15) is 36.1 Å². The van der Waals surface area contributed by atoms with Gasteiger partial charge in [-0.2, -0.15) is 6.61 Å². The zero-order valence-corrected chi connectivity index (χ0v) is 114. The van der Waals surface area contributed by atoms with E-state index in [2.05, 4.69) is 0 Å². The summed E-state index contributed by atoms with van der Waals surface area (Å²) in [6, 6.07) is -1.41. The van der Waals surface area contributed by atoms with Crippen LogP contribution < -0.4 is 53.1 Å². The number of hydrogen-bond acceptors (Lipinski definition) is 43. The Kier molecular flexibility index (Phi) is 72.3. The van der Waals surface area contributed by atoms with E-state index in [-0.39, 0.29) is 350 Å². The number of rotatable bonds is 51. The van der Waals surface area contributed by atoms with Crippen molar-refractivity contribution in [2.45, 2.75) is 484 Å². The molecule has 34 atom stereocenters. The Morgan fingerprint density at radius 2 is 0.707 bits per heavy atom. The van der Waals surface area contributed by atoms with Gasteiger partial charge in [-0.1, -0.05) is 13.8 Å². The quantitative estimate of drug-likeness (QED) is 0.0279. The summed E-state index contributed by atoms with van der Waals surface area (Å²) in [5, 5.41) is 0. The standard InChI is InChI=1S/C19H37NO8P.2C19H37NO7P.2C18H35NO8P.6W/c1-12(2)23-11-19(10-20)18(8-15(6)27-19)28-29(21,22)24-9-17-16(25-13(3)4)7-14(5)26-17;1-12(2)23-11-19(20)9-14(5)7-18(19)27-28(21,22)24-10-17-16(25-13(3)4)8-15(6)26-17;1-11(2)23-9-15-16(7-13(5)19(15)20)27-28(21,22)24-10-18-17(25-12(3)4)8-14(6)26-18;2*1-10(2)22-8-16-18(17(19)13(6)26-16)27-28(20,21)23-9-15-14(24-11(3)4)7-12(5)25-15;;;;;;/h12-16,18H,7-11,20H2,1-6H3,(H,21,22);12-16,18H,7-11,20H2,1-6H3,(H,21,22);11-17,19H,7-10,20H2,1-6H3,(H,21,22);10-14,16-18H,7-9,19H2,1-6H3,(H,20,21);9-18H,7-8,19H2,1-6H3,(H,20,21);;;;;;/q5*-1;;;;;;/p-5/t14-,15-,16+,18+,19+;14-,15-,16+,18+,19-;13-,14-,15+,16+,17+,19?;12-,13-,14+,16+,17?,18-;12-,13-,14+,15+,16+,17?,18-;;;;;;/m00000....../s1. The molecule has 8 heterocycles. The van der Waals surface area contributed by atoms with Crippen LogP contribution in [0.25, 0.3) is 0 Å². The summed E-state index contributed by atoms with van der Waals surface area (Å²) in [6.45, 7) is 58.4. The third kappa shape index (κ3) is 53.7. The van der Waals surface area contributed by atoms with Crippen LogP contribution in [-0.2, 0) is 280 Å². The van der Waals surface area contributed by atoms with Gasteiger partial charge >= 0.3 is 0 Å². The molecule has 0 aromatic heterocycles. The molecule has 2 aliphatic carbocycles. The number of hydrogen-bond donors (Lipinski definition) is 5. The van der Waals surface area contributed by atoms with Crippen LogP contribution in [0.15, 0.2) is 0 Å². The molecule has 10 aliphatic rings. The normalized spacial score (nSPS) is 35.2. The maximum atomic E-state index is 12.5. The molecule has 0 aromatic carbocycles. The van der Waals surface area contributed by atoms with E-state index < -0.39 is 111 Å². The van der Waals surface area contributed by atoms with Gasteiger partial charge in [0, 0.05) is 200 Å². The molecule has 54 heteroatoms. The molecule has 43 nitrogen and oxygen atoms in total. The van der Waals surface area contributed by atoms with Gasteiger partial charge in [-0.15, -0.1) is 24.4 Å². The molecule has 8 aliphatic heterocycles. The average molecular weight is 3230 g/mol. The van der Waals surface area contributed by atoms with Crippen LogP contribution >= 0.6 is 39.1 Å². The fourth-order valence-electron chi connectivity index (χ4n) is 17.7. The van der Waals surface area contributed by atoms with Gasteiger partial charge in [-0.3, -0.25) is 22.8 Å². The van der Waals surface area contributed by atoms with Crippen molar-refractivity contribution in [1.29, 1.82) is 0 Å². The van der Waals surface area contributed by atoms with Crippen molar-refractivity contribution >= 4 is 39.1 Å². The summed E-state index contributed by atoms with van der Waals surface area (Å²) in [4.78, 5) is 62.2. The molecule has 8 unspecified atom stereocenters. The van der Waals surface area contributed by atoms with E-state index in [1.807, 2.05) is 194 Å². The van der Waals surface area contributed by atoms with Gasteiger partial charge in [0.2, 0.25) is 7.82 Å². The van der Waals surface area contributed by atoms with Crippen LogP contribution in [0.3, 0.4) is 0 Å². The smallest absolute Gasteiger partial charge is 0.265 e. The van der Waals surface area contributed by atoms with E-state index in [4.69, 9.17) is 159 Å². The van der Waals surface area contributed by atoms with E-state index in [9.17, 15) is 47.3 Å². The van der Waals surface area contributed by atoms with Crippen molar-refractivity contribution in [3.8, 4) is 0 Å². The predicted molar refractivity (Wildman–Crippen MR) is 512 cm³/mol. The van der Waals surface area contributed by atoms with Crippen molar-refractivity contribution in [2.24, 2.45) is 46.4 Å². The molecule has 0 bridgehead atoms. The van der Waals surface area contributed by atoms with Gasteiger partial charge in [0.15, 0.2) is 0 Å². The van der Waals surface area contributed by atoms with Crippen LogP contribution in [0, 0.1) is 48.8 Å². The SMILES string of the molecule is CC(C)OC[C@@]1(CN)O[C@@H](C)C[C@H]1OP(=O)([O-])OC[C-]1O[C@@H](C)C[C@H]1OC(C)C.CC(C)OC[C@@]1(N)C[C@@H](C)C[C@H]1OP(=O)([O-])OC[C-]1O[C@@H](C)C[C@H]1OC(C)C.CC(C)OC[C@H]1C(N)[C@@H](C)C[C@H]1OP(=O)([O-])OC[C-]1O[C@@H](C)C[C@H]1OC(C)C.CC(C)OC[C@H]1O[C@@H](C)C(N)[C@H]1OP(=O)([O-])OC[C-]1O[C@@H](C)C[C@H]1OC(C)C.CC(C)OC[C@H]1O[C@@H](C)C(N)[C@H]1OP(=O)([O-])O[CH-][C@H]1O[C@@H](C)C[C@H]1OC(C)C.[W].[W].[W].[W].[W].[W]. The zero-order chi connectivity index (χ0) is 106. The second-order valence-electron chi connectivity index (χ2n) is 41.6. The molecule has 10 fully saturated rings. The van der Waals surface area contributed by atoms with Crippen molar-refractivity contribution in [2.75, 3.05) is 66.0 Å². The molecule has 10 N–H and O–H groups in total. The molecule has 2 saturated carbocycles. The van der Waals surface area contributed by atoms with Crippen molar-refractivity contribution in [1.82, 2.24) is 0 Å². The minimum absolute atomic E-state index is 0. The number of ether oxygens (including phenoxy) is 18. The largest absolute Gasteiger partial charge is 0.758 e. The minimum Gasteiger partial charge on any atom is -0.758 e. The monoisotopic (exact) mass is 3230 g/mol. The molecule has 8 saturated heterocycles. The van der Waals surface area contributed by atoms with Crippen molar-refractivity contribution < 1.29 is 304 Å². The first-order chi connectivity index (χ1) is 65.3. The minimum atomic E-state index is -4.68. The second-order valence-corrected chi connectivity index (χ2v) is 48.3. The van der Waals surface area contributed by atoms with Gasteiger partial charge in [0.25, 0.3) is 31.3 Å². The molecule has 10 rings (SSSR count). The number of phosphoric ester groups is 5. The van der Waals surface area contributed by atoms with Gasteiger partial charge < -0.3 is 184 Å². The van der Waals surface area contributed by atoms with E-state index in [1.165, 1.54) is 0 Å². The fourth-order valence-corrected chi connectivity index (χ4v) is 22.3. The number of nitrogens with two attached hydrogens (primary N) is 5. The van der Waals surface area contributed by atoms with Crippen LogP contribution in [0.1, 0.15) is 265 Å². The summed E-state index contributed by atoms with van der Waals surface area (Å²) in [5.74, 6) is 0.182. The third-order valence-corrected chi connectivity index (χ3v) is 29.0. The molecule has 0 spiro atoms. The summed E-state index contributed by atoms with van der Waals surface area (Å²) < 4.78 is 217. The van der Waals surface area contributed by atoms with Crippen LogP contribution in [0.5, 0.6) is 0 Å². The molecule has 0 aromatic rings. The molecule has 872 valence electrons. The average Bonchev–Trinajstić information content (AvgIpc) is 1.64. The van der Waals surface area contributed by atoms with E-state index in [1.54, 1.807) is 13.8 Å². The van der Waals surface area contributed by atoms with Crippen molar-refractivity contribution in [3.05, 3.63) is 31.0 Å². The fraction of sp³-hybridized carbons (Fsp3) is 0.946. The molecule has 147 heavy (non-hydrogen) atoms. The molecule has 0 amide bonds. The Hall–Kier alpha value is 3.76. The first-order valence-electron chi connectivity index (χ1n) is 50.2. The Bertz CT molecular complexity index is 3660. The Morgan fingerprint density at radius 1 is 0.367 bits per heavy atom. The maximum absolute atomic E-state index is 12.5. The topological polar surface area (TPSA) is 589 Å². The van der Waals surface area contributed by atoms with Gasteiger partial charge in [-0.25, -0.2) is 0 Å². The van der Waals surface area contributed by atoms with Crippen LogP contribution in [0.4, 0.5) is 0 Å². The van der Waals surface area contributed by atoms with Gasteiger partial charge in [-0.05, 0) is 314 Å². The van der Waals surface area contributed by atoms with E-state index in [0.717, 1.165) is 6.61 Å². The first kappa shape index (κ1) is 151. The summed E-state index contributed by atoms with van der Waals surface area (Å²) in [6.07, 6.45) is -1.10. The van der Waals surface area contributed by atoms with Crippen molar-refractivity contribution in [3.63, 3.8) is 0 Å². The summed E-state index contributed by atoms with van der Waals surface area (Å²) in [5.41, 5.74) is 28.8. The molecular formula is C93H176N5O38P5W6-10. The van der Waals surface area contributed by atoms with Gasteiger partial charge in [0.05, 0.1) is 130 Å². The Labute approximate surface area is 962 Å². The zero-order valence-electron chi connectivity index (χ0n) is 91.5. The van der Waals surface area contributed by atoms with Crippen LogP contribution in [-0.4, -0.2) is 284 Å². The first-order valence-corrected chi connectivity index (χ1v) is 57.5. The second kappa shape index (κ2) is 70.5. The van der Waals surface area contributed by atoms with E-state index in [0.29, 0.717) is 88.8 Å². The Morgan fingerprint density at radius 3 is 1.07 bits per heavy atom. The summed E-state index contributed by atoms with van der Waals surface area (Å²) >= 11 is 0. The van der Waals surface area contributed by atoms with E-state index >= 15 is 0 Å². The Balaban J connectivity index is 0.00000179. The predicted octanol–water partition coefficient (Wildman–Crippen LogP) is 9.91. The maximum Gasteiger partial charge on any atom is 0.265 e. The number of phosphoric acid groups is 5.